The van der Waals surface area contributed by atoms with E-state index in [9.17, 15) is 9.59 Å². The van der Waals surface area contributed by atoms with Gasteiger partial charge in [0.15, 0.2) is 0 Å². The van der Waals surface area contributed by atoms with Gasteiger partial charge in [-0.25, -0.2) is 4.79 Å². The molecular weight excluding hydrogens is 270 g/mol. The van der Waals surface area contributed by atoms with Crippen molar-refractivity contribution in [1.29, 1.82) is 0 Å². The number of carboxylic acid groups (broad SMARTS) is 1. The molecule has 1 saturated carbocycles. The number of urea groups is 1. The van der Waals surface area contributed by atoms with Crippen molar-refractivity contribution in [3.63, 3.8) is 0 Å². The van der Waals surface area contributed by atoms with Crippen LogP contribution in [0.2, 0.25) is 0 Å². The normalized spacial score (nSPS) is 16.7. The summed E-state index contributed by atoms with van der Waals surface area (Å²) in [5, 5.41) is 8.81. The molecule has 6 nitrogen and oxygen atoms in total. The summed E-state index contributed by atoms with van der Waals surface area (Å²) in [4.78, 5) is 28.9. The highest BCUT2D eigenvalue weighted by atomic mass is 16.4. The molecule has 0 spiro atoms. The first-order valence-corrected chi connectivity index (χ1v) is 7.60. The Hall–Kier alpha value is -1.30. The minimum absolute atomic E-state index is 0.00371. The number of aliphatic carboxylic acids is 1. The van der Waals surface area contributed by atoms with E-state index in [-0.39, 0.29) is 30.6 Å². The van der Waals surface area contributed by atoms with Gasteiger partial charge in [0.2, 0.25) is 0 Å². The molecule has 0 atom stereocenters. The Labute approximate surface area is 127 Å². The number of nitrogens with zero attached hydrogens (tertiary/aromatic N) is 3. The first-order valence-electron chi connectivity index (χ1n) is 7.60. The first-order chi connectivity index (χ1) is 9.69. The molecule has 0 unspecified atom stereocenters. The van der Waals surface area contributed by atoms with Crippen LogP contribution < -0.4 is 0 Å². The van der Waals surface area contributed by atoms with Crippen molar-refractivity contribution in [2.75, 3.05) is 34.2 Å². The Morgan fingerprint density at radius 2 is 1.76 bits per heavy atom. The summed E-state index contributed by atoms with van der Waals surface area (Å²) in [5.74, 6) is -0.875. The Balaban J connectivity index is 2.67. The van der Waals surface area contributed by atoms with Gasteiger partial charge in [-0.15, -0.1) is 0 Å². The molecule has 0 saturated heterocycles. The van der Waals surface area contributed by atoms with E-state index in [2.05, 4.69) is 19.0 Å². The number of likely N-dealkylation sites (N-methyl/N-ethyl adjacent to an activating group) is 2. The van der Waals surface area contributed by atoms with Gasteiger partial charge in [0.25, 0.3) is 0 Å². The highest BCUT2D eigenvalue weighted by Gasteiger charge is 2.41. The summed E-state index contributed by atoms with van der Waals surface area (Å²) in [6.45, 7) is 4.78. The summed E-state index contributed by atoms with van der Waals surface area (Å²) in [6, 6.07) is -0.0876. The van der Waals surface area contributed by atoms with E-state index in [1.807, 2.05) is 20.9 Å². The van der Waals surface area contributed by atoms with Crippen LogP contribution in [0.15, 0.2) is 0 Å². The lowest BCUT2D eigenvalue weighted by molar-refractivity contribution is -0.137. The fourth-order valence-electron chi connectivity index (χ4n) is 2.85. The lowest BCUT2D eigenvalue weighted by atomic mass is 9.75. The van der Waals surface area contributed by atoms with Gasteiger partial charge in [0.05, 0.1) is 6.42 Å². The zero-order valence-electron chi connectivity index (χ0n) is 13.9. The van der Waals surface area contributed by atoms with E-state index in [1.54, 1.807) is 9.80 Å². The summed E-state index contributed by atoms with van der Waals surface area (Å²) in [5.41, 5.74) is 0.0832. The average Bonchev–Trinajstić information content (AvgIpc) is 2.32. The molecule has 1 N–H and O–H groups in total. The Bertz CT molecular complexity index is 378. The molecule has 1 rings (SSSR count). The number of amides is 2. The summed E-state index contributed by atoms with van der Waals surface area (Å²) >= 11 is 0. The number of hydrogen-bond donors (Lipinski definition) is 1. The predicted molar refractivity (Wildman–Crippen MR) is 82.4 cm³/mol. The summed E-state index contributed by atoms with van der Waals surface area (Å²) in [6.07, 6.45) is 3.40. The highest BCUT2D eigenvalue weighted by molar-refractivity contribution is 5.75. The minimum Gasteiger partial charge on any atom is -0.481 e. The van der Waals surface area contributed by atoms with Crippen LogP contribution in [0.5, 0.6) is 0 Å². The number of hydrogen-bond acceptors (Lipinski definition) is 3. The largest absolute Gasteiger partial charge is 0.481 e. The maximum atomic E-state index is 12.6. The van der Waals surface area contributed by atoms with Gasteiger partial charge in [-0.05, 0) is 47.2 Å². The third kappa shape index (κ3) is 4.33. The van der Waals surface area contributed by atoms with Crippen molar-refractivity contribution in [3.05, 3.63) is 0 Å². The van der Waals surface area contributed by atoms with Gasteiger partial charge < -0.3 is 19.8 Å². The SMILES string of the molecule is CC(C)N(CCC(=O)O)C(=O)N(C)CC1(N(C)C)CCC1. The second-order valence-electron chi connectivity index (χ2n) is 6.54. The van der Waals surface area contributed by atoms with E-state index < -0.39 is 5.97 Å². The van der Waals surface area contributed by atoms with Crippen LogP contribution >= 0.6 is 0 Å². The fraction of sp³-hybridized carbons (Fsp3) is 0.867. The van der Waals surface area contributed by atoms with Crippen LogP contribution in [0.1, 0.15) is 39.5 Å². The standard InChI is InChI=1S/C15H29N3O3/c1-12(2)18(10-7-13(19)20)14(21)17(5)11-15(16(3)4)8-6-9-15/h12H,6-11H2,1-5H3,(H,19,20). The maximum Gasteiger partial charge on any atom is 0.320 e. The summed E-state index contributed by atoms with van der Waals surface area (Å²) in [7, 11) is 5.92. The van der Waals surface area contributed by atoms with Crippen molar-refractivity contribution in [3.8, 4) is 0 Å². The molecule has 0 bridgehead atoms. The lowest BCUT2D eigenvalue weighted by Gasteiger charge is -2.49. The molecule has 21 heavy (non-hydrogen) atoms. The number of carbonyl (C=O) groups excluding carboxylic acids is 1. The van der Waals surface area contributed by atoms with E-state index in [4.69, 9.17) is 5.11 Å². The van der Waals surface area contributed by atoms with Gasteiger partial charge in [-0.3, -0.25) is 4.79 Å². The molecule has 2 amide bonds. The van der Waals surface area contributed by atoms with Crippen LogP contribution in [0, 0.1) is 0 Å². The van der Waals surface area contributed by atoms with Crippen molar-refractivity contribution < 1.29 is 14.7 Å². The van der Waals surface area contributed by atoms with E-state index >= 15 is 0 Å². The minimum atomic E-state index is -0.875. The highest BCUT2D eigenvalue weighted by Crippen LogP contribution is 2.36. The van der Waals surface area contributed by atoms with E-state index in [1.165, 1.54) is 6.42 Å². The first kappa shape index (κ1) is 17.8. The zero-order chi connectivity index (χ0) is 16.2. The smallest absolute Gasteiger partial charge is 0.320 e. The molecule has 0 aromatic carbocycles. The van der Waals surface area contributed by atoms with Crippen LogP contribution in [0.4, 0.5) is 4.79 Å². The molecule has 0 radical (unpaired) electrons. The maximum absolute atomic E-state index is 12.6. The second-order valence-corrected chi connectivity index (χ2v) is 6.54. The molecule has 1 aliphatic rings. The second kappa shape index (κ2) is 7.11. The van der Waals surface area contributed by atoms with Crippen molar-refractivity contribution in [2.45, 2.75) is 51.1 Å². The Kier molecular flexibility index (Phi) is 6.01. The third-order valence-electron chi connectivity index (χ3n) is 4.53. The topological polar surface area (TPSA) is 64.1 Å². The van der Waals surface area contributed by atoms with Gasteiger partial charge >= 0.3 is 12.0 Å². The van der Waals surface area contributed by atoms with Crippen LogP contribution in [0.25, 0.3) is 0 Å². The van der Waals surface area contributed by atoms with Gasteiger partial charge in [0.1, 0.15) is 0 Å². The van der Waals surface area contributed by atoms with Crippen molar-refractivity contribution in [1.82, 2.24) is 14.7 Å². The molecule has 0 aromatic heterocycles. The molecular formula is C15H29N3O3. The molecule has 0 aliphatic heterocycles. The van der Waals surface area contributed by atoms with Gasteiger partial charge in [-0.2, -0.15) is 0 Å². The Morgan fingerprint density at radius 1 is 1.19 bits per heavy atom. The number of carboxylic acids is 1. The monoisotopic (exact) mass is 299 g/mol. The molecule has 6 heteroatoms. The zero-order valence-corrected chi connectivity index (χ0v) is 13.9. The summed E-state index contributed by atoms with van der Waals surface area (Å²) < 4.78 is 0. The van der Waals surface area contributed by atoms with Crippen LogP contribution in [-0.4, -0.2) is 77.6 Å². The number of carbonyl (C=O) groups is 2. The van der Waals surface area contributed by atoms with Crippen molar-refractivity contribution >= 4 is 12.0 Å². The predicted octanol–water partition coefficient (Wildman–Crippen LogP) is 1.71. The van der Waals surface area contributed by atoms with Crippen LogP contribution in [-0.2, 0) is 4.79 Å². The van der Waals surface area contributed by atoms with E-state index in [0.29, 0.717) is 6.54 Å². The lowest BCUT2D eigenvalue weighted by Crippen LogP contribution is -2.59. The molecule has 122 valence electrons. The van der Waals surface area contributed by atoms with Gasteiger partial charge in [-0.1, -0.05) is 0 Å². The fourth-order valence-corrected chi connectivity index (χ4v) is 2.85. The molecule has 1 fully saturated rings. The average molecular weight is 299 g/mol. The van der Waals surface area contributed by atoms with Crippen molar-refractivity contribution in [2.24, 2.45) is 0 Å². The van der Waals surface area contributed by atoms with Gasteiger partial charge in [0, 0.05) is 31.7 Å². The quantitative estimate of drug-likeness (QED) is 0.777. The third-order valence-corrected chi connectivity index (χ3v) is 4.53. The molecule has 0 heterocycles. The molecule has 1 aliphatic carbocycles. The molecule has 0 aromatic rings. The number of rotatable bonds is 7. The van der Waals surface area contributed by atoms with E-state index in [0.717, 1.165) is 12.8 Å². The Morgan fingerprint density at radius 3 is 2.10 bits per heavy atom. The van der Waals surface area contributed by atoms with Crippen LogP contribution in [0.3, 0.4) is 0 Å².